The van der Waals surface area contributed by atoms with Crippen LogP contribution in [0.3, 0.4) is 0 Å². The van der Waals surface area contributed by atoms with Gasteiger partial charge in [-0.25, -0.2) is 8.78 Å². The first-order chi connectivity index (χ1) is 9.51. The number of carbonyl (C=O) groups excluding carboxylic acids is 1. The maximum atomic E-state index is 13.2. The second-order valence-electron chi connectivity index (χ2n) is 4.73. The summed E-state index contributed by atoms with van der Waals surface area (Å²) in [7, 11) is 0. The molecule has 0 aromatic heterocycles. The number of nitrogens with zero attached hydrogens (tertiary/aromatic N) is 2. The Morgan fingerprint density at radius 2 is 1.95 bits per heavy atom. The van der Waals surface area contributed by atoms with Crippen molar-refractivity contribution < 1.29 is 18.8 Å². The molecule has 1 saturated carbocycles. The molecular formula is C13H15F2N3O2. The lowest BCUT2D eigenvalue weighted by molar-refractivity contribution is 0.0746. The zero-order chi connectivity index (χ0) is 14.7. The predicted octanol–water partition coefficient (Wildman–Crippen LogP) is 1.71. The Morgan fingerprint density at radius 1 is 1.35 bits per heavy atom. The topological polar surface area (TPSA) is 78.9 Å². The Bertz CT molecular complexity index is 524. The summed E-state index contributed by atoms with van der Waals surface area (Å²) in [5, 5.41) is 11.3. The molecule has 20 heavy (non-hydrogen) atoms. The van der Waals surface area contributed by atoms with Crippen molar-refractivity contribution in [2.24, 2.45) is 10.9 Å². The summed E-state index contributed by atoms with van der Waals surface area (Å²) < 4.78 is 26.3. The molecule has 3 N–H and O–H groups in total. The SMILES string of the molecule is NC(CCN(C(=O)c1cc(F)cc(F)c1)C1CC1)=NO. The molecule has 7 heteroatoms. The van der Waals surface area contributed by atoms with E-state index >= 15 is 0 Å². The molecule has 1 aromatic carbocycles. The van der Waals surface area contributed by atoms with Crippen molar-refractivity contribution in [3.05, 3.63) is 35.4 Å². The molecule has 0 unspecified atom stereocenters. The van der Waals surface area contributed by atoms with Crippen LogP contribution in [0, 0.1) is 11.6 Å². The lowest BCUT2D eigenvalue weighted by atomic mass is 10.1. The van der Waals surface area contributed by atoms with Crippen LogP contribution in [0.4, 0.5) is 8.78 Å². The number of amides is 1. The average Bonchev–Trinajstić information content (AvgIpc) is 3.21. The fraction of sp³-hybridized carbons (Fsp3) is 0.385. The van der Waals surface area contributed by atoms with E-state index in [1.807, 2.05) is 0 Å². The number of nitrogens with two attached hydrogens (primary N) is 1. The normalized spacial score (nSPS) is 15.2. The molecule has 0 atom stereocenters. The van der Waals surface area contributed by atoms with E-state index in [4.69, 9.17) is 10.9 Å². The van der Waals surface area contributed by atoms with Crippen LogP contribution in [0.2, 0.25) is 0 Å². The van der Waals surface area contributed by atoms with Crippen LogP contribution < -0.4 is 5.73 Å². The number of halogens is 2. The van der Waals surface area contributed by atoms with Crippen molar-refractivity contribution in [2.45, 2.75) is 25.3 Å². The van der Waals surface area contributed by atoms with Crippen LogP contribution in [0.5, 0.6) is 0 Å². The zero-order valence-corrected chi connectivity index (χ0v) is 10.7. The third-order valence-corrected chi connectivity index (χ3v) is 3.10. The van der Waals surface area contributed by atoms with Crippen LogP contribution in [0.1, 0.15) is 29.6 Å². The Morgan fingerprint density at radius 3 is 2.45 bits per heavy atom. The van der Waals surface area contributed by atoms with E-state index in [0.717, 1.165) is 25.0 Å². The fourth-order valence-electron chi connectivity index (χ4n) is 1.96. The van der Waals surface area contributed by atoms with Gasteiger partial charge in [-0.2, -0.15) is 0 Å². The van der Waals surface area contributed by atoms with Crippen LogP contribution in [-0.2, 0) is 0 Å². The minimum absolute atomic E-state index is 0.00822. The standard InChI is InChI=1S/C13H15F2N3O2/c14-9-5-8(6-10(15)7-9)13(19)18(11-1-2-11)4-3-12(16)17-20/h5-7,11,20H,1-4H2,(H2,16,17). The van der Waals surface area contributed by atoms with Crippen molar-refractivity contribution in [3.63, 3.8) is 0 Å². The number of carbonyl (C=O) groups is 1. The first-order valence-corrected chi connectivity index (χ1v) is 6.24. The van der Waals surface area contributed by atoms with E-state index in [1.165, 1.54) is 4.90 Å². The second-order valence-corrected chi connectivity index (χ2v) is 4.73. The van der Waals surface area contributed by atoms with Gasteiger partial charge in [-0.05, 0) is 25.0 Å². The number of amidine groups is 1. The molecule has 2 rings (SSSR count). The molecule has 5 nitrogen and oxygen atoms in total. The van der Waals surface area contributed by atoms with Gasteiger partial charge in [-0.15, -0.1) is 0 Å². The summed E-state index contributed by atoms with van der Waals surface area (Å²) >= 11 is 0. The number of hydrogen-bond acceptors (Lipinski definition) is 3. The van der Waals surface area contributed by atoms with Crippen LogP contribution in [0.25, 0.3) is 0 Å². The summed E-state index contributed by atoms with van der Waals surface area (Å²) in [6.45, 7) is 0.248. The van der Waals surface area contributed by atoms with Crippen LogP contribution in [-0.4, -0.2) is 34.4 Å². The van der Waals surface area contributed by atoms with E-state index in [1.54, 1.807) is 0 Å². The predicted molar refractivity (Wildman–Crippen MR) is 68.4 cm³/mol. The molecule has 0 saturated heterocycles. The highest BCUT2D eigenvalue weighted by atomic mass is 19.1. The summed E-state index contributed by atoms with van der Waals surface area (Å²) in [5.41, 5.74) is 5.34. The third-order valence-electron chi connectivity index (χ3n) is 3.10. The minimum atomic E-state index is -0.791. The van der Waals surface area contributed by atoms with E-state index in [9.17, 15) is 13.6 Å². The van der Waals surface area contributed by atoms with Gasteiger partial charge in [0.05, 0.1) is 0 Å². The molecule has 1 amide bonds. The molecule has 1 aliphatic rings. The van der Waals surface area contributed by atoms with E-state index in [-0.39, 0.29) is 30.4 Å². The van der Waals surface area contributed by atoms with Crippen molar-refractivity contribution in [1.29, 1.82) is 0 Å². The molecule has 0 aliphatic heterocycles. The number of hydrogen-bond donors (Lipinski definition) is 2. The highest BCUT2D eigenvalue weighted by Crippen LogP contribution is 2.28. The van der Waals surface area contributed by atoms with Crippen LogP contribution >= 0.6 is 0 Å². The largest absolute Gasteiger partial charge is 0.409 e. The van der Waals surface area contributed by atoms with Gasteiger partial charge in [0, 0.05) is 30.6 Å². The van der Waals surface area contributed by atoms with Gasteiger partial charge in [0.15, 0.2) is 0 Å². The molecule has 108 valence electrons. The van der Waals surface area contributed by atoms with E-state index in [2.05, 4.69) is 5.16 Å². The van der Waals surface area contributed by atoms with Gasteiger partial charge >= 0.3 is 0 Å². The Labute approximate surface area is 114 Å². The zero-order valence-electron chi connectivity index (χ0n) is 10.7. The van der Waals surface area contributed by atoms with Crippen molar-refractivity contribution in [1.82, 2.24) is 4.90 Å². The average molecular weight is 283 g/mol. The Kier molecular flexibility index (Phi) is 4.16. The quantitative estimate of drug-likeness (QED) is 0.373. The summed E-state index contributed by atoms with van der Waals surface area (Å²) in [6.07, 6.45) is 1.90. The Balaban J connectivity index is 2.14. The summed E-state index contributed by atoms with van der Waals surface area (Å²) in [5.74, 6) is -2.02. The minimum Gasteiger partial charge on any atom is -0.409 e. The highest BCUT2D eigenvalue weighted by molar-refractivity contribution is 5.95. The first kappa shape index (κ1) is 14.2. The molecular weight excluding hydrogens is 268 g/mol. The second kappa shape index (κ2) is 5.85. The molecule has 0 heterocycles. The molecule has 0 spiro atoms. The highest BCUT2D eigenvalue weighted by Gasteiger charge is 2.33. The molecule has 0 bridgehead atoms. The van der Waals surface area contributed by atoms with Gasteiger partial charge in [0.1, 0.15) is 17.5 Å². The summed E-state index contributed by atoms with van der Waals surface area (Å²) in [4.78, 5) is 13.8. The van der Waals surface area contributed by atoms with Crippen molar-refractivity contribution >= 4 is 11.7 Å². The van der Waals surface area contributed by atoms with Gasteiger partial charge in [-0.1, -0.05) is 5.16 Å². The number of benzene rings is 1. The van der Waals surface area contributed by atoms with Gasteiger partial charge in [-0.3, -0.25) is 4.79 Å². The van der Waals surface area contributed by atoms with E-state index in [0.29, 0.717) is 6.07 Å². The third kappa shape index (κ3) is 3.43. The maximum Gasteiger partial charge on any atom is 0.254 e. The smallest absolute Gasteiger partial charge is 0.254 e. The van der Waals surface area contributed by atoms with Crippen molar-refractivity contribution in [2.75, 3.05) is 6.54 Å². The number of oxime groups is 1. The fourth-order valence-corrected chi connectivity index (χ4v) is 1.96. The Hall–Kier alpha value is -2.18. The summed E-state index contributed by atoms with van der Waals surface area (Å²) in [6, 6.07) is 2.78. The van der Waals surface area contributed by atoms with Gasteiger partial charge in [0.25, 0.3) is 5.91 Å². The van der Waals surface area contributed by atoms with Gasteiger partial charge < -0.3 is 15.8 Å². The lowest BCUT2D eigenvalue weighted by Gasteiger charge is -2.22. The molecule has 0 radical (unpaired) electrons. The monoisotopic (exact) mass is 283 g/mol. The van der Waals surface area contributed by atoms with E-state index < -0.39 is 17.5 Å². The van der Waals surface area contributed by atoms with Gasteiger partial charge in [0.2, 0.25) is 0 Å². The molecule has 1 aliphatic carbocycles. The van der Waals surface area contributed by atoms with Crippen molar-refractivity contribution in [3.8, 4) is 0 Å². The maximum absolute atomic E-state index is 13.2. The molecule has 1 aromatic rings. The number of rotatable bonds is 5. The molecule has 1 fully saturated rings. The van der Waals surface area contributed by atoms with Crippen LogP contribution in [0.15, 0.2) is 23.4 Å². The lowest BCUT2D eigenvalue weighted by Crippen LogP contribution is -2.36. The first-order valence-electron chi connectivity index (χ1n) is 6.24.